The van der Waals surface area contributed by atoms with Crippen molar-refractivity contribution in [3.63, 3.8) is 0 Å². The zero-order valence-corrected chi connectivity index (χ0v) is 24.6. The number of ether oxygens (including phenoxy) is 5. The topological polar surface area (TPSA) is 163 Å². The molecule has 1 saturated heterocycles. The summed E-state index contributed by atoms with van der Waals surface area (Å²) in [5.74, 6) is 0.301. The number of Topliss-reactive ketones (excluding diaryl/α,β-unsaturated/α-hetero) is 1. The van der Waals surface area contributed by atoms with Crippen molar-refractivity contribution < 1.29 is 51.8 Å². The summed E-state index contributed by atoms with van der Waals surface area (Å²) in [5.41, 5.74) is 0. The molecule has 0 radical (unpaired) electrons. The average Bonchev–Trinajstić information content (AvgIpc) is 3.22. The van der Waals surface area contributed by atoms with Crippen molar-refractivity contribution in [2.24, 2.45) is 0 Å². The number of carbonyl (C=O) groups is 2. The largest absolute Gasteiger partial charge is 0.756 e. The van der Waals surface area contributed by atoms with Gasteiger partial charge in [0.1, 0.15) is 11.9 Å². The quantitative estimate of drug-likeness (QED) is 0.107. The third-order valence-corrected chi connectivity index (χ3v) is 7.02. The molecule has 0 aliphatic carbocycles. The highest BCUT2D eigenvalue weighted by atomic mass is 31.2. The number of amides is 2. The number of hydrogen-bond donors (Lipinski definition) is 2. The molecule has 0 aromatic rings. The zero-order chi connectivity index (χ0) is 28.8. The lowest BCUT2D eigenvalue weighted by atomic mass is 10.0. The number of phosphoric acid groups is 1. The van der Waals surface area contributed by atoms with Crippen LogP contribution >= 0.6 is 7.82 Å². The molecule has 0 saturated carbocycles. The second kappa shape index (κ2) is 22.5. The minimum absolute atomic E-state index is 0.0236. The Kier molecular flexibility index (Phi) is 20.7. The molecular formula is C25H48N2O11P-. The van der Waals surface area contributed by atoms with Crippen LogP contribution in [0.15, 0.2) is 0 Å². The number of carbonyl (C=O) groups excluding carboxylic acids is 2. The summed E-state index contributed by atoms with van der Waals surface area (Å²) >= 11 is 0. The first-order chi connectivity index (χ1) is 18.8. The molecule has 1 aliphatic heterocycles. The molecule has 0 aromatic heterocycles. The SMILES string of the molecule is COCC(COCCOCCOCCOCCCCC(=O)CCCCCC1NC(=O)NC1C)OP(=O)([O-])OC. The van der Waals surface area contributed by atoms with E-state index in [-0.39, 0.29) is 37.9 Å². The summed E-state index contributed by atoms with van der Waals surface area (Å²) in [7, 11) is -1.90. The third kappa shape index (κ3) is 19.5. The van der Waals surface area contributed by atoms with Crippen LogP contribution in [0.2, 0.25) is 0 Å². The lowest BCUT2D eigenvalue weighted by Crippen LogP contribution is -2.30. The molecule has 39 heavy (non-hydrogen) atoms. The summed E-state index contributed by atoms with van der Waals surface area (Å²) in [5, 5.41) is 5.76. The molecule has 0 spiro atoms. The second-order valence-electron chi connectivity index (χ2n) is 9.33. The van der Waals surface area contributed by atoms with Gasteiger partial charge in [-0.3, -0.25) is 9.36 Å². The lowest BCUT2D eigenvalue weighted by molar-refractivity contribution is -0.230. The van der Waals surface area contributed by atoms with Crippen molar-refractivity contribution >= 4 is 19.6 Å². The number of phosphoric ester groups is 1. The fraction of sp³-hybridized carbons (Fsp3) is 0.920. The van der Waals surface area contributed by atoms with Crippen LogP contribution in [0.1, 0.15) is 58.3 Å². The van der Waals surface area contributed by atoms with Gasteiger partial charge in [0.15, 0.2) is 0 Å². The first-order valence-corrected chi connectivity index (χ1v) is 15.2. The molecule has 230 valence electrons. The van der Waals surface area contributed by atoms with Crippen LogP contribution in [-0.4, -0.2) is 104 Å². The monoisotopic (exact) mass is 583 g/mol. The van der Waals surface area contributed by atoms with Gasteiger partial charge in [-0.25, -0.2) is 4.79 Å². The van der Waals surface area contributed by atoms with E-state index in [9.17, 15) is 19.0 Å². The van der Waals surface area contributed by atoms with Crippen LogP contribution in [0.25, 0.3) is 0 Å². The van der Waals surface area contributed by atoms with Crippen molar-refractivity contribution in [1.29, 1.82) is 0 Å². The molecule has 2 amide bonds. The molecular weight excluding hydrogens is 535 g/mol. The highest BCUT2D eigenvalue weighted by molar-refractivity contribution is 7.45. The normalized spacial score (nSPS) is 19.4. The van der Waals surface area contributed by atoms with Gasteiger partial charge in [-0.2, -0.15) is 0 Å². The molecule has 13 nitrogen and oxygen atoms in total. The van der Waals surface area contributed by atoms with E-state index in [0.717, 1.165) is 45.6 Å². The molecule has 1 heterocycles. The maximum Gasteiger partial charge on any atom is 0.315 e. The van der Waals surface area contributed by atoms with Crippen molar-refractivity contribution in [3.05, 3.63) is 0 Å². The van der Waals surface area contributed by atoms with Gasteiger partial charge in [-0.15, -0.1) is 0 Å². The Bertz CT molecular complexity index is 701. The van der Waals surface area contributed by atoms with Crippen LogP contribution < -0.4 is 15.5 Å². The Morgan fingerprint density at radius 2 is 1.44 bits per heavy atom. The predicted molar refractivity (Wildman–Crippen MR) is 142 cm³/mol. The lowest BCUT2D eigenvalue weighted by Gasteiger charge is -2.26. The van der Waals surface area contributed by atoms with Crippen molar-refractivity contribution in [1.82, 2.24) is 10.6 Å². The zero-order valence-electron chi connectivity index (χ0n) is 23.7. The number of nitrogens with one attached hydrogen (secondary N) is 2. The molecule has 14 heteroatoms. The molecule has 4 unspecified atom stereocenters. The molecule has 0 bridgehead atoms. The van der Waals surface area contributed by atoms with E-state index < -0.39 is 13.9 Å². The van der Waals surface area contributed by atoms with E-state index >= 15 is 0 Å². The van der Waals surface area contributed by atoms with E-state index in [1.165, 1.54) is 7.11 Å². The van der Waals surface area contributed by atoms with E-state index in [4.69, 9.17) is 28.2 Å². The maximum absolute atomic E-state index is 12.0. The number of rotatable bonds is 27. The number of hydrogen-bond acceptors (Lipinski definition) is 11. The number of methoxy groups -OCH3 is 1. The van der Waals surface area contributed by atoms with Gasteiger partial charge in [0.2, 0.25) is 0 Å². The second-order valence-corrected chi connectivity index (χ2v) is 10.8. The highest BCUT2D eigenvalue weighted by Crippen LogP contribution is 2.38. The molecule has 1 fully saturated rings. The molecule has 0 aromatic carbocycles. The van der Waals surface area contributed by atoms with Gasteiger partial charge >= 0.3 is 6.03 Å². The van der Waals surface area contributed by atoms with Gasteiger partial charge in [-0.05, 0) is 32.6 Å². The summed E-state index contributed by atoms with van der Waals surface area (Å²) in [4.78, 5) is 34.6. The first-order valence-electron chi connectivity index (χ1n) is 13.7. The molecule has 4 atom stereocenters. The minimum Gasteiger partial charge on any atom is -0.756 e. The molecule has 1 rings (SSSR count). The molecule has 2 N–H and O–H groups in total. The maximum atomic E-state index is 12.0. The van der Waals surface area contributed by atoms with Crippen LogP contribution in [0, 0.1) is 0 Å². The van der Waals surface area contributed by atoms with E-state index in [1.807, 2.05) is 6.92 Å². The van der Waals surface area contributed by atoms with Crippen molar-refractivity contribution in [2.45, 2.75) is 76.5 Å². The van der Waals surface area contributed by atoms with Crippen LogP contribution in [-0.2, 0) is 42.1 Å². The minimum atomic E-state index is -4.35. The van der Waals surface area contributed by atoms with E-state index in [2.05, 4.69) is 15.2 Å². The Hall–Kier alpha value is -1.15. The highest BCUT2D eigenvalue weighted by Gasteiger charge is 2.26. The standard InChI is InChI=1S/C25H49N2O11P/c1-21-24(27-25(29)26-21)11-6-4-5-9-22(28)10-7-8-12-34-13-14-35-15-16-36-17-18-37-20-23(19-32-2)38-39(30,31)33-3/h21,23-24H,4-20H2,1-3H3,(H,30,31)(H2,26,27,29)/p-1. The number of ketones is 1. The number of urea groups is 1. The third-order valence-electron chi connectivity index (χ3n) is 6.02. The van der Waals surface area contributed by atoms with Crippen LogP contribution in [0.3, 0.4) is 0 Å². The van der Waals surface area contributed by atoms with Gasteiger partial charge in [0, 0.05) is 39.7 Å². The first kappa shape index (κ1) is 35.9. The van der Waals surface area contributed by atoms with Gasteiger partial charge in [0.25, 0.3) is 7.82 Å². The number of unbranched alkanes of at least 4 members (excludes halogenated alkanes) is 3. The van der Waals surface area contributed by atoms with Crippen LogP contribution in [0.5, 0.6) is 0 Å². The Morgan fingerprint density at radius 1 is 0.846 bits per heavy atom. The van der Waals surface area contributed by atoms with Gasteiger partial charge < -0.3 is 48.3 Å². The van der Waals surface area contributed by atoms with E-state index in [1.54, 1.807) is 0 Å². The van der Waals surface area contributed by atoms with Crippen molar-refractivity contribution in [2.75, 3.05) is 73.7 Å². The average molecular weight is 584 g/mol. The summed E-state index contributed by atoms with van der Waals surface area (Å²) in [6.45, 7) is 5.04. The van der Waals surface area contributed by atoms with Gasteiger partial charge in [-0.1, -0.05) is 12.8 Å². The van der Waals surface area contributed by atoms with E-state index in [0.29, 0.717) is 58.3 Å². The Morgan fingerprint density at radius 3 is 2.00 bits per heavy atom. The summed E-state index contributed by atoms with van der Waals surface area (Å²) < 4.78 is 47.1. The van der Waals surface area contributed by atoms with Crippen LogP contribution in [0.4, 0.5) is 4.79 Å². The Balaban J connectivity index is 1.82. The predicted octanol–water partition coefficient (Wildman–Crippen LogP) is 1.96. The fourth-order valence-electron chi connectivity index (χ4n) is 3.87. The fourth-order valence-corrected chi connectivity index (χ4v) is 4.45. The summed E-state index contributed by atoms with van der Waals surface area (Å²) in [6, 6.07) is 0.269. The molecule has 1 aliphatic rings. The van der Waals surface area contributed by atoms with Crippen molar-refractivity contribution in [3.8, 4) is 0 Å². The summed E-state index contributed by atoms with van der Waals surface area (Å²) in [6.07, 6.45) is 5.94. The Labute approximate surface area is 232 Å². The smallest absolute Gasteiger partial charge is 0.315 e. The van der Waals surface area contributed by atoms with Gasteiger partial charge in [0.05, 0.1) is 58.9 Å².